The quantitative estimate of drug-likeness (QED) is 0.872. The van der Waals surface area contributed by atoms with Crippen LogP contribution in [0.5, 0.6) is 11.5 Å². The Morgan fingerprint density at radius 2 is 2.05 bits per heavy atom. The number of nitrogens with zero attached hydrogens (tertiary/aromatic N) is 1. The summed E-state index contributed by atoms with van der Waals surface area (Å²) < 4.78 is 48.1. The van der Waals surface area contributed by atoms with Gasteiger partial charge in [-0.2, -0.15) is 13.2 Å². The molecule has 0 spiro atoms. The van der Waals surface area contributed by atoms with Gasteiger partial charge in [-0.05, 0) is 12.5 Å². The van der Waals surface area contributed by atoms with Gasteiger partial charge in [0, 0.05) is 25.3 Å². The molecule has 0 fully saturated rings. The van der Waals surface area contributed by atoms with Gasteiger partial charge < -0.3 is 14.6 Å². The van der Waals surface area contributed by atoms with Gasteiger partial charge in [-0.25, -0.2) is 0 Å². The lowest BCUT2D eigenvalue weighted by Crippen LogP contribution is -2.35. The van der Waals surface area contributed by atoms with Crippen molar-refractivity contribution >= 4 is 0 Å². The van der Waals surface area contributed by atoms with Crippen LogP contribution in [0.1, 0.15) is 12.0 Å². The first-order chi connectivity index (χ1) is 9.49. The fourth-order valence-electron chi connectivity index (χ4n) is 2.12. The van der Waals surface area contributed by atoms with Gasteiger partial charge in [0.1, 0.15) is 0 Å². The van der Waals surface area contributed by atoms with E-state index in [1.165, 1.54) is 4.90 Å². The number of halogens is 3. The van der Waals surface area contributed by atoms with Crippen molar-refractivity contribution < 1.29 is 27.8 Å². The molecular formula is C13H16F3NO3. The molecule has 0 aliphatic carbocycles. The number of hydrogen-bond acceptors (Lipinski definition) is 4. The fraction of sp³-hybridized carbons (Fsp3) is 0.538. The van der Waals surface area contributed by atoms with Gasteiger partial charge in [-0.1, -0.05) is 12.1 Å². The molecule has 112 valence electrons. The highest BCUT2D eigenvalue weighted by Gasteiger charge is 2.31. The van der Waals surface area contributed by atoms with Gasteiger partial charge in [-0.15, -0.1) is 0 Å². The molecule has 2 rings (SSSR count). The van der Waals surface area contributed by atoms with Gasteiger partial charge in [0.15, 0.2) is 11.5 Å². The zero-order valence-corrected chi connectivity index (χ0v) is 10.8. The number of aliphatic hydroxyl groups excluding tert-OH is 1. The highest BCUT2D eigenvalue weighted by Crippen LogP contribution is 2.36. The van der Waals surface area contributed by atoms with Crippen molar-refractivity contribution in [3.8, 4) is 11.5 Å². The average molecular weight is 291 g/mol. The standard InChI is InChI=1S/C13H16F3NO3/c14-13(15,16)8-17(5-2-6-18)7-10-3-1-4-11-12(10)20-9-19-11/h1,3-4,18H,2,5-9H2. The maximum Gasteiger partial charge on any atom is 0.401 e. The molecule has 1 heterocycles. The molecule has 0 aromatic heterocycles. The number of aliphatic hydroxyl groups is 1. The summed E-state index contributed by atoms with van der Waals surface area (Å²) in [5.74, 6) is 1.06. The van der Waals surface area contributed by atoms with Crippen LogP contribution in [0.4, 0.5) is 13.2 Å². The molecule has 0 amide bonds. The largest absolute Gasteiger partial charge is 0.454 e. The van der Waals surface area contributed by atoms with Gasteiger partial charge in [0.2, 0.25) is 6.79 Å². The van der Waals surface area contributed by atoms with E-state index in [9.17, 15) is 13.2 Å². The minimum absolute atomic E-state index is 0.0856. The first-order valence-corrected chi connectivity index (χ1v) is 6.27. The molecule has 1 aromatic rings. The van der Waals surface area contributed by atoms with Crippen molar-refractivity contribution in [3.63, 3.8) is 0 Å². The topological polar surface area (TPSA) is 41.9 Å². The molecule has 0 unspecified atom stereocenters. The first kappa shape index (κ1) is 14.9. The van der Waals surface area contributed by atoms with E-state index in [1.54, 1.807) is 18.2 Å². The number of para-hydroxylation sites is 1. The van der Waals surface area contributed by atoms with Crippen LogP contribution >= 0.6 is 0 Å². The third-order valence-electron chi connectivity index (χ3n) is 2.91. The summed E-state index contributed by atoms with van der Waals surface area (Å²) in [4.78, 5) is 1.24. The van der Waals surface area contributed by atoms with Crippen LogP contribution in [0.2, 0.25) is 0 Å². The predicted molar refractivity (Wildman–Crippen MR) is 65.6 cm³/mol. The minimum atomic E-state index is -4.27. The van der Waals surface area contributed by atoms with Crippen LogP contribution in [-0.2, 0) is 6.54 Å². The van der Waals surface area contributed by atoms with E-state index in [2.05, 4.69) is 0 Å². The van der Waals surface area contributed by atoms with Crippen molar-refractivity contribution in [1.29, 1.82) is 0 Å². The number of benzene rings is 1. The third-order valence-corrected chi connectivity index (χ3v) is 2.91. The van der Waals surface area contributed by atoms with Crippen LogP contribution in [0.3, 0.4) is 0 Å². The second kappa shape index (κ2) is 6.32. The lowest BCUT2D eigenvalue weighted by molar-refractivity contribution is -0.147. The molecule has 1 aliphatic heterocycles. The Morgan fingerprint density at radius 1 is 1.25 bits per heavy atom. The summed E-state index contributed by atoms with van der Waals surface area (Å²) in [7, 11) is 0. The molecule has 1 aromatic carbocycles. The molecule has 7 heteroatoms. The Kier molecular flexibility index (Phi) is 4.72. The van der Waals surface area contributed by atoms with E-state index in [0.29, 0.717) is 23.5 Å². The Bertz CT molecular complexity index is 451. The van der Waals surface area contributed by atoms with Crippen LogP contribution in [-0.4, -0.2) is 42.7 Å². The summed E-state index contributed by atoms with van der Waals surface area (Å²) in [5, 5.41) is 8.78. The van der Waals surface area contributed by atoms with Crippen molar-refractivity contribution in [3.05, 3.63) is 23.8 Å². The maximum absolute atomic E-state index is 12.5. The average Bonchev–Trinajstić information content (AvgIpc) is 2.83. The fourth-order valence-corrected chi connectivity index (χ4v) is 2.12. The van der Waals surface area contributed by atoms with Crippen LogP contribution in [0.15, 0.2) is 18.2 Å². The SMILES string of the molecule is OCCCN(Cc1cccc2c1OCO2)CC(F)(F)F. The molecule has 4 nitrogen and oxygen atoms in total. The summed E-state index contributed by atoms with van der Waals surface area (Å²) in [5.41, 5.74) is 0.655. The number of alkyl halides is 3. The Balaban J connectivity index is 2.09. The highest BCUT2D eigenvalue weighted by atomic mass is 19.4. The highest BCUT2D eigenvalue weighted by molar-refractivity contribution is 5.48. The first-order valence-electron chi connectivity index (χ1n) is 6.27. The monoisotopic (exact) mass is 291 g/mol. The molecule has 1 N–H and O–H groups in total. The van der Waals surface area contributed by atoms with Crippen LogP contribution in [0.25, 0.3) is 0 Å². The maximum atomic E-state index is 12.5. The van der Waals surface area contributed by atoms with Gasteiger partial charge in [0.25, 0.3) is 0 Å². The van der Waals surface area contributed by atoms with Crippen LogP contribution < -0.4 is 9.47 Å². The van der Waals surface area contributed by atoms with Gasteiger partial charge in [-0.3, -0.25) is 4.90 Å². The molecular weight excluding hydrogens is 275 g/mol. The molecule has 0 atom stereocenters. The summed E-state index contributed by atoms with van der Waals surface area (Å²) in [6.45, 7) is -0.798. The zero-order valence-electron chi connectivity index (χ0n) is 10.8. The second-order valence-corrected chi connectivity index (χ2v) is 4.55. The van der Waals surface area contributed by atoms with Crippen molar-refractivity contribution in [2.24, 2.45) is 0 Å². The van der Waals surface area contributed by atoms with Gasteiger partial charge in [0.05, 0.1) is 6.54 Å². The Labute approximate surface area is 114 Å². The Hall–Kier alpha value is -1.47. The number of hydrogen-bond donors (Lipinski definition) is 1. The summed E-state index contributed by atoms with van der Waals surface area (Å²) in [6.07, 6.45) is -3.98. The van der Waals surface area contributed by atoms with E-state index >= 15 is 0 Å². The number of ether oxygens (including phenoxy) is 2. The molecule has 0 saturated carbocycles. The van der Waals surface area contributed by atoms with Crippen molar-refractivity contribution in [2.75, 3.05) is 26.5 Å². The smallest absolute Gasteiger partial charge is 0.401 e. The number of rotatable bonds is 6. The minimum Gasteiger partial charge on any atom is -0.454 e. The normalized spacial score (nSPS) is 14.1. The predicted octanol–water partition coefficient (Wildman–Crippen LogP) is 2.16. The summed E-state index contributed by atoms with van der Waals surface area (Å²) >= 11 is 0. The third kappa shape index (κ3) is 4.01. The van der Waals surface area contributed by atoms with E-state index in [1.807, 2.05) is 0 Å². The van der Waals surface area contributed by atoms with Crippen molar-refractivity contribution in [1.82, 2.24) is 4.90 Å². The van der Waals surface area contributed by atoms with E-state index in [4.69, 9.17) is 14.6 Å². The lowest BCUT2D eigenvalue weighted by atomic mass is 10.1. The molecule has 0 radical (unpaired) electrons. The van der Waals surface area contributed by atoms with Crippen LogP contribution in [0, 0.1) is 0 Å². The number of fused-ring (bicyclic) bond motifs is 1. The molecule has 0 bridgehead atoms. The molecule has 1 aliphatic rings. The molecule has 0 saturated heterocycles. The molecule has 20 heavy (non-hydrogen) atoms. The van der Waals surface area contributed by atoms with E-state index in [0.717, 1.165) is 0 Å². The van der Waals surface area contributed by atoms with Gasteiger partial charge >= 0.3 is 6.18 Å². The zero-order chi connectivity index (χ0) is 14.6. The van der Waals surface area contributed by atoms with E-state index in [-0.39, 0.29) is 26.5 Å². The Morgan fingerprint density at radius 3 is 2.75 bits per heavy atom. The van der Waals surface area contributed by atoms with E-state index < -0.39 is 12.7 Å². The van der Waals surface area contributed by atoms with Crippen molar-refractivity contribution in [2.45, 2.75) is 19.1 Å². The second-order valence-electron chi connectivity index (χ2n) is 4.55. The lowest BCUT2D eigenvalue weighted by Gasteiger charge is -2.23. The summed E-state index contributed by atoms with van der Waals surface area (Å²) in [6, 6.07) is 5.16.